The van der Waals surface area contributed by atoms with Crippen LogP contribution in [-0.2, 0) is 9.73 Å². The smallest absolute Gasteiger partial charge is 0.0730 e. The third-order valence-corrected chi connectivity index (χ3v) is 2.95. The normalized spacial score (nSPS) is 11.2. The Hall–Kier alpha value is -1.61. The molecule has 0 amide bonds. The van der Waals surface area contributed by atoms with Gasteiger partial charge in [0.2, 0.25) is 0 Å². The Morgan fingerprint density at radius 1 is 0.824 bits per heavy atom. The number of nitrogens with zero attached hydrogens (tertiary/aromatic N) is 1. The second-order valence-corrected chi connectivity index (χ2v) is 6.73. The molecule has 0 radical (unpaired) electrons. The molecule has 2 aromatic rings. The highest BCUT2D eigenvalue weighted by molar-refractivity contribution is 7.92. The van der Waals surface area contributed by atoms with Crippen molar-refractivity contribution in [1.82, 2.24) is 0 Å². The van der Waals surface area contributed by atoms with E-state index in [1.807, 2.05) is 42.5 Å². The van der Waals surface area contributed by atoms with Gasteiger partial charge in [-0.15, -0.1) is 0 Å². The molecule has 2 rings (SSSR count). The van der Waals surface area contributed by atoms with Crippen molar-refractivity contribution in [1.29, 1.82) is 0 Å². The zero-order valence-corrected chi connectivity index (χ0v) is 10.8. The fourth-order valence-corrected chi connectivity index (χ4v) is 2.23. The Morgan fingerprint density at radius 3 is 1.88 bits per heavy atom. The van der Waals surface area contributed by atoms with Gasteiger partial charge in [0, 0.05) is 22.2 Å². The fourth-order valence-electron chi connectivity index (χ4n) is 1.60. The quantitative estimate of drug-likeness (QED) is 0.793. The predicted molar refractivity (Wildman–Crippen MR) is 74.0 cm³/mol. The van der Waals surface area contributed by atoms with E-state index in [9.17, 15) is 4.21 Å². The lowest BCUT2D eigenvalue weighted by Crippen LogP contribution is -1.88. The van der Waals surface area contributed by atoms with E-state index >= 15 is 0 Å². The first-order valence-corrected chi connectivity index (χ1v) is 7.70. The summed E-state index contributed by atoms with van der Waals surface area (Å²) in [5.41, 5.74) is 3.08. The van der Waals surface area contributed by atoms with Gasteiger partial charge in [0.1, 0.15) is 0 Å². The zero-order chi connectivity index (χ0) is 12.3. The van der Waals surface area contributed by atoms with Crippen molar-refractivity contribution < 1.29 is 4.21 Å². The maximum absolute atomic E-state index is 11.5. The van der Waals surface area contributed by atoms with Crippen molar-refractivity contribution in [3.63, 3.8) is 0 Å². The molecule has 0 saturated heterocycles. The van der Waals surface area contributed by atoms with E-state index in [1.165, 1.54) is 5.56 Å². The molecule has 0 N–H and O–H groups in total. The Balaban J connectivity index is 2.35. The number of hydrogen-bond acceptors (Lipinski definition) is 2. The van der Waals surface area contributed by atoms with E-state index in [-0.39, 0.29) is 0 Å². The van der Waals surface area contributed by atoms with Gasteiger partial charge in [-0.1, -0.05) is 42.5 Å². The van der Waals surface area contributed by atoms with Gasteiger partial charge in [-0.3, -0.25) is 0 Å². The largest absolute Gasteiger partial charge is 0.250 e. The van der Waals surface area contributed by atoms with E-state index < -0.39 is 9.73 Å². The molecular formula is C14H15NOS. The standard InChI is InChI=1S/C14H15NOS/c1-17(2,16)15-14-10-8-13(9-11-14)12-6-4-3-5-7-12/h3-11H,1-2H3. The van der Waals surface area contributed by atoms with Crippen molar-refractivity contribution in [2.24, 2.45) is 4.36 Å². The van der Waals surface area contributed by atoms with Crippen molar-refractivity contribution >= 4 is 15.4 Å². The Bertz CT molecular complexity index is 600. The molecule has 0 aliphatic rings. The molecule has 0 fully saturated rings. The first-order chi connectivity index (χ1) is 8.04. The van der Waals surface area contributed by atoms with Crippen LogP contribution in [0, 0.1) is 0 Å². The number of benzene rings is 2. The highest BCUT2D eigenvalue weighted by atomic mass is 32.2. The third-order valence-electron chi connectivity index (χ3n) is 2.30. The second-order valence-electron chi connectivity index (χ2n) is 4.19. The molecule has 17 heavy (non-hydrogen) atoms. The summed E-state index contributed by atoms with van der Waals surface area (Å²) in [6.45, 7) is 0. The SMILES string of the molecule is CS(C)(=O)=Nc1ccc(-c2ccccc2)cc1. The number of hydrogen-bond donors (Lipinski definition) is 0. The van der Waals surface area contributed by atoms with Crippen LogP contribution in [0.2, 0.25) is 0 Å². The minimum Gasteiger partial charge on any atom is -0.250 e. The van der Waals surface area contributed by atoms with Gasteiger partial charge in [0.25, 0.3) is 0 Å². The fraction of sp³-hybridized carbons (Fsp3) is 0.143. The first kappa shape index (κ1) is 11.9. The highest BCUT2D eigenvalue weighted by Gasteiger charge is 1.97. The Morgan fingerprint density at radius 2 is 1.35 bits per heavy atom. The van der Waals surface area contributed by atoms with Crippen LogP contribution in [0.3, 0.4) is 0 Å². The lowest BCUT2D eigenvalue weighted by atomic mass is 10.1. The van der Waals surface area contributed by atoms with Gasteiger partial charge < -0.3 is 0 Å². The molecule has 0 saturated carbocycles. The maximum atomic E-state index is 11.5. The molecule has 88 valence electrons. The van der Waals surface area contributed by atoms with Gasteiger partial charge in [-0.25, -0.2) is 4.21 Å². The lowest BCUT2D eigenvalue weighted by molar-refractivity contribution is 0.684. The maximum Gasteiger partial charge on any atom is 0.0730 e. The lowest BCUT2D eigenvalue weighted by Gasteiger charge is -2.02. The van der Waals surface area contributed by atoms with Gasteiger partial charge in [0.05, 0.1) is 5.69 Å². The minimum atomic E-state index is -2.08. The molecule has 0 bridgehead atoms. The summed E-state index contributed by atoms with van der Waals surface area (Å²) < 4.78 is 15.7. The van der Waals surface area contributed by atoms with Crippen LogP contribution in [0.5, 0.6) is 0 Å². The topological polar surface area (TPSA) is 29.4 Å². The highest BCUT2D eigenvalue weighted by Crippen LogP contribution is 2.22. The molecule has 0 spiro atoms. The van der Waals surface area contributed by atoms with Gasteiger partial charge in [0.15, 0.2) is 0 Å². The molecule has 2 nitrogen and oxygen atoms in total. The van der Waals surface area contributed by atoms with Crippen LogP contribution < -0.4 is 0 Å². The summed E-state index contributed by atoms with van der Waals surface area (Å²) >= 11 is 0. The molecule has 2 aromatic carbocycles. The summed E-state index contributed by atoms with van der Waals surface area (Å²) in [5, 5.41) is 0. The van der Waals surface area contributed by atoms with Crippen LogP contribution in [0.15, 0.2) is 59.0 Å². The van der Waals surface area contributed by atoms with E-state index in [2.05, 4.69) is 16.5 Å². The van der Waals surface area contributed by atoms with Crippen molar-refractivity contribution in [3.8, 4) is 11.1 Å². The van der Waals surface area contributed by atoms with Crippen LogP contribution in [0.1, 0.15) is 0 Å². The molecule has 3 heteroatoms. The molecule has 0 heterocycles. The first-order valence-electron chi connectivity index (χ1n) is 5.37. The van der Waals surface area contributed by atoms with Crippen LogP contribution in [-0.4, -0.2) is 16.7 Å². The van der Waals surface area contributed by atoms with Gasteiger partial charge >= 0.3 is 0 Å². The summed E-state index contributed by atoms with van der Waals surface area (Å²) in [6.07, 6.45) is 3.27. The van der Waals surface area contributed by atoms with Crippen LogP contribution >= 0.6 is 0 Å². The average Bonchev–Trinajstić information content (AvgIpc) is 2.29. The monoisotopic (exact) mass is 245 g/mol. The summed E-state index contributed by atoms with van der Waals surface area (Å²) in [6, 6.07) is 17.9. The van der Waals surface area contributed by atoms with E-state index in [1.54, 1.807) is 12.5 Å². The van der Waals surface area contributed by atoms with Gasteiger partial charge in [-0.2, -0.15) is 4.36 Å². The van der Waals surface area contributed by atoms with Crippen molar-refractivity contribution in [2.75, 3.05) is 12.5 Å². The van der Waals surface area contributed by atoms with Crippen molar-refractivity contribution in [3.05, 3.63) is 54.6 Å². The molecule has 0 aromatic heterocycles. The van der Waals surface area contributed by atoms with Crippen molar-refractivity contribution in [2.45, 2.75) is 0 Å². The zero-order valence-electron chi connectivity index (χ0n) is 9.96. The molecule has 0 aliphatic carbocycles. The molecule has 0 aliphatic heterocycles. The molecular weight excluding hydrogens is 230 g/mol. The Labute approximate surface area is 102 Å². The third kappa shape index (κ3) is 3.43. The van der Waals surface area contributed by atoms with E-state index in [4.69, 9.17) is 0 Å². The number of rotatable bonds is 2. The summed E-state index contributed by atoms with van der Waals surface area (Å²) in [4.78, 5) is 0. The Kier molecular flexibility index (Phi) is 3.29. The second kappa shape index (κ2) is 4.72. The van der Waals surface area contributed by atoms with Gasteiger partial charge in [-0.05, 0) is 23.3 Å². The average molecular weight is 245 g/mol. The van der Waals surface area contributed by atoms with Crippen LogP contribution in [0.4, 0.5) is 5.69 Å². The van der Waals surface area contributed by atoms with E-state index in [0.29, 0.717) is 0 Å². The minimum absolute atomic E-state index is 0.764. The summed E-state index contributed by atoms with van der Waals surface area (Å²) in [7, 11) is -2.08. The molecule has 0 atom stereocenters. The van der Waals surface area contributed by atoms with Crippen LogP contribution in [0.25, 0.3) is 11.1 Å². The molecule has 0 unspecified atom stereocenters. The predicted octanol–water partition coefficient (Wildman–Crippen LogP) is 3.71. The van der Waals surface area contributed by atoms with E-state index in [0.717, 1.165) is 11.3 Å². The summed E-state index contributed by atoms with van der Waals surface area (Å²) in [5.74, 6) is 0.